The lowest BCUT2D eigenvalue weighted by atomic mass is 9.86. The number of phenolic OH excluding ortho intramolecular Hbond substituents is 1. The number of benzene rings is 2. The molecule has 1 aliphatic carbocycles. The van der Waals surface area contributed by atoms with Crippen LogP contribution in [0.3, 0.4) is 0 Å². The van der Waals surface area contributed by atoms with E-state index < -0.39 is 0 Å². The summed E-state index contributed by atoms with van der Waals surface area (Å²) in [6.07, 6.45) is 6.00. The zero-order valence-corrected chi connectivity index (χ0v) is 13.9. The second kappa shape index (κ2) is 5.42. The predicted octanol–water partition coefficient (Wildman–Crippen LogP) is 3.82. The van der Waals surface area contributed by atoms with Crippen LogP contribution in [0.1, 0.15) is 5.56 Å². The van der Waals surface area contributed by atoms with Crippen LogP contribution in [0.4, 0.5) is 5.69 Å². The van der Waals surface area contributed by atoms with Gasteiger partial charge in [-0.05, 0) is 35.2 Å². The molecule has 0 spiro atoms. The van der Waals surface area contributed by atoms with Gasteiger partial charge in [0.05, 0.1) is 12.8 Å². The first-order valence-corrected chi connectivity index (χ1v) is 7.83. The van der Waals surface area contributed by atoms with E-state index in [0.717, 1.165) is 38.9 Å². The van der Waals surface area contributed by atoms with E-state index in [1.807, 2.05) is 25.3 Å². The molecule has 2 aromatic rings. The molecule has 1 unspecified atom stereocenters. The SMILES string of the molecule is COC1=CC2=CN(C)c3c(ccc4ccc(O)cc34)C2=CC1OC. The number of allylic oxidation sites excluding steroid dienone is 3. The highest BCUT2D eigenvalue weighted by molar-refractivity contribution is 6.05. The molecule has 122 valence electrons. The molecule has 0 bridgehead atoms. The smallest absolute Gasteiger partial charge is 0.133 e. The maximum atomic E-state index is 9.90. The molecule has 1 atom stereocenters. The minimum absolute atomic E-state index is 0.196. The van der Waals surface area contributed by atoms with E-state index in [1.165, 1.54) is 0 Å². The highest BCUT2D eigenvalue weighted by Crippen LogP contribution is 2.44. The molecule has 0 radical (unpaired) electrons. The number of ether oxygens (including phenoxy) is 2. The van der Waals surface area contributed by atoms with Gasteiger partial charge in [-0.2, -0.15) is 0 Å². The highest BCUT2D eigenvalue weighted by Gasteiger charge is 2.27. The number of hydrogen-bond acceptors (Lipinski definition) is 4. The summed E-state index contributed by atoms with van der Waals surface area (Å²) in [5.41, 5.74) is 4.43. The Labute approximate surface area is 140 Å². The molecule has 4 rings (SSSR count). The van der Waals surface area contributed by atoms with Crippen molar-refractivity contribution in [2.24, 2.45) is 0 Å². The van der Waals surface area contributed by atoms with Crippen LogP contribution >= 0.6 is 0 Å². The van der Waals surface area contributed by atoms with Gasteiger partial charge in [0.25, 0.3) is 0 Å². The Bertz CT molecular complexity index is 924. The second-order valence-corrected chi connectivity index (χ2v) is 6.05. The summed E-state index contributed by atoms with van der Waals surface area (Å²) in [6.45, 7) is 0. The monoisotopic (exact) mass is 321 g/mol. The van der Waals surface area contributed by atoms with Crippen molar-refractivity contribution in [1.29, 1.82) is 0 Å². The van der Waals surface area contributed by atoms with E-state index in [1.54, 1.807) is 20.3 Å². The molecule has 1 N–H and O–H groups in total. The first-order chi connectivity index (χ1) is 11.6. The molecule has 24 heavy (non-hydrogen) atoms. The van der Waals surface area contributed by atoms with Crippen molar-refractivity contribution >= 4 is 22.0 Å². The molecule has 0 saturated heterocycles. The zero-order chi connectivity index (χ0) is 16.8. The molecule has 0 aromatic heterocycles. The number of hydrogen-bond donors (Lipinski definition) is 1. The van der Waals surface area contributed by atoms with Gasteiger partial charge in [-0.1, -0.05) is 18.2 Å². The van der Waals surface area contributed by atoms with Crippen LogP contribution in [0.2, 0.25) is 0 Å². The lowest BCUT2D eigenvalue weighted by molar-refractivity contribution is 0.110. The van der Waals surface area contributed by atoms with Crippen LogP contribution in [0.5, 0.6) is 5.75 Å². The van der Waals surface area contributed by atoms with Crippen molar-refractivity contribution in [1.82, 2.24) is 0 Å². The van der Waals surface area contributed by atoms with E-state index in [2.05, 4.69) is 29.3 Å². The van der Waals surface area contributed by atoms with E-state index in [9.17, 15) is 5.11 Å². The summed E-state index contributed by atoms with van der Waals surface area (Å²) in [4.78, 5) is 2.10. The molecule has 4 heteroatoms. The Hall–Kier alpha value is -2.72. The largest absolute Gasteiger partial charge is 0.508 e. The van der Waals surface area contributed by atoms with Gasteiger partial charge in [-0.25, -0.2) is 0 Å². The third kappa shape index (κ3) is 2.11. The molecule has 1 aliphatic heterocycles. The zero-order valence-electron chi connectivity index (χ0n) is 13.9. The maximum absolute atomic E-state index is 9.90. The molecule has 0 amide bonds. The van der Waals surface area contributed by atoms with Crippen molar-refractivity contribution in [3.63, 3.8) is 0 Å². The van der Waals surface area contributed by atoms with Gasteiger partial charge in [-0.3, -0.25) is 0 Å². The number of phenols is 1. The summed E-state index contributed by atoms with van der Waals surface area (Å²) < 4.78 is 11.0. The Kier molecular flexibility index (Phi) is 3.36. The topological polar surface area (TPSA) is 41.9 Å². The number of aromatic hydroxyl groups is 1. The summed E-state index contributed by atoms with van der Waals surface area (Å²) in [5.74, 6) is 1.07. The Balaban J connectivity index is 1.97. The fraction of sp³-hybridized carbons (Fsp3) is 0.200. The normalized spacial score (nSPS) is 19.2. The Morgan fingerprint density at radius 3 is 2.67 bits per heavy atom. The number of anilines is 1. The maximum Gasteiger partial charge on any atom is 0.133 e. The Morgan fingerprint density at radius 1 is 1.12 bits per heavy atom. The van der Waals surface area contributed by atoms with Gasteiger partial charge in [-0.15, -0.1) is 0 Å². The molecule has 0 fully saturated rings. The molecule has 2 aliphatic rings. The summed E-state index contributed by atoms with van der Waals surface area (Å²) >= 11 is 0. The fourth-order valence-corrected chi connectivity index (χ4v) is 3.52. The Morgan fingerprint density at radius 2 is 1.92 bits per heavy atom. The first kappa shape index (κ1) is 14.8. The number of nitrogens with zero attached hydrogens (tertiary/aromatic N) is 1. The van der Waals surface area contributed by atoms with Crippen molar-refractivity contribution in [3.05, 3.63) is 65.6 Å². The van der Waals surface area contributed by atoms with E-state index >= 15 is 0 Å². The molecular weight excluding hydrogens is 302 g/mol. The van der Waals surface area contributed by atoms with Crippen LogP contribution in [0, 0.1) is 0 Å². The quantitative estimate of drug-likeness (QED) is 0.913. The van der Waals surface area contributed by atoms with Gasteiger partial charge >= 0.3 is 0 Å². The van der Waals surface area contributed by atoms with E-state index in [-0.39, 0.29) is 11.9 Å². The van der Waals surface area contributed by atoms with Crippen LogP contribution < -0.4 is 4.90 Å². The standard InChI is InChI=1S/C20H19NO3/c1-21-11-13-8-18(23-2)19(24-3)10-16(13)15-7-5-12-4-6-14(22)9-17(12)20(15)21/h4-11,19,22H,1-3H3. The third-order valence-corrected chi connectivity index (χ3v) is 4.65. The molecule has 4 nitrogen and oxygen atoms in total. The van der Waals surface area contributed by atoms with Crippen LogP contribution in [0.15, 0.2) is 60.0 Å². The summed E-state index contributed by atoms with van der Waals surface area (Å²) in [7, 11) is 5.36. The van der Waals surface area contributed by atoms with Crippen LogP contribution in [-0.2, 0) is 9.47 Å². The first-order valence-electron chi connectivity index (χ1n) is 7.83. The minimum atomic E-state index is -0.196. The number of rotatable bonds is 2. The van der Waals surface area contributed by atoms with Gasteiger partial charge in [0.2, 0.25) is 0 Å². The predicted molar refractivity (Wildman–Crippen MR) is 96.0 cm³/mol. The number of methoxy groups -OCH3 is 2. The lowest BCUT2D eigenvalue weighted by Gasteiger charge is -2.32. The van der Waals surface area contributed by atoms with Crippen molar-refractivity contribution in [2.45, 2.75) is 6.10 Å². The molecule has 2 aromatic carbocycles. The molecular formula is C20H19NO3. The van der Waals surface area contributed by atoms with Gasteiger partial charge in [0, 0.05) is 36.9 Å². The van der Waals surface area contributed by atoms with Crippen molar-refractivity contribution < 1.29 is 14.6 Å². The van der Waals surface area contributed by atoms with E-state index in [0.29, 0.717) is 0 Å². The molecule has 1 heterocycles. The minimum Gasteiger partial charge on any atom is -0.508 e. The molecule has 0 saturated carbocycles. The summed E-state index contributed by atoms with van der Waals surface area (Å²) in [6, 6.07) is 9.68. The van der Waals surface area contributed by atoms with E-state index in [4.69, 9.17) is 9.47 Å². The average molecular weight is 321 g/mol. The van der Waals surface area contributed by atoms with Gasteiger partial charge in [0.15, 0.2) is 0 Å². The third-order valence-electron chi connectivity index (χ3n) is 4.65. The van der Waals surface area contributed by atoms with Crippen LogP contribution in [0.25, 0.3) is 16.3 Å². The van der Waals surface area contributed by atoms with Gasteiger partial charge in [0.1, 0.15) is 17.6 Å². The second-order valence-electron chi connectivity index (χ2n) is 6.05. The van der Waals surface area contributed by atoms with Crippen molar-refractivity contribution in [2.75, 3.05) is 26.2 Å². The summed E-state index contributed by atoms with van der Waals surface area (Å²) in [5, 5.41) is 12.0. The van der Waals surface area contributed by atoms with Gasteiger partial charge < -0.3 is 19.5 Å². The number of fused-ring (bicyclic) bond motifs is 5. The average Bonchev–Trinajstić information content (AvgIpc) is 2.60. The fourth-order valence-electron chi connectivity index (χ4n) is 3.52. The highest BCUT2D eigenvalue weighted by atomic mass is 16.5. The lowest BCUT2D eigenvalue weighted by Crippen LogP contribution is -2.22. The van der Waals surface area contributed by atoms with Crippen molar-refractivity contribution in [3.8, 4) is 5.75 Å². The van der Waals surface area contributed by atoms with Crippen LogP contribution in [-0.4, -0.2) is 32.5 Å².